The summed E-state index contributed by atoms with van der Waals surface area (Å²) in [5.41, 5.74) is -5.21. The number of rotatable bonds is 12. The summed E-state index contributed by atoms with van der Waals surface area (Å²) < 4.78 is 68.3. The second-order valence-corrected chi connectivity index (χ2v) is 25.7. The molecule has 1 amide bonds. The number of carbonyl (C=O) groups is 5. The highest BCUT2D eigenvalue weighted by Crippen LogP contribution is 2.61. The first-order chi connectivity index (χ1) is 40.5. The number of hydrogen-bond acceptors (Lipinski definition) is 24. The van der Waals surface area contributed by atoms with Crippen LogP contribution in [0.2, 0.25) is 0 Å². The molecular formula is C61H87N2O23-. The van der Waals surface area contributed by atoms with E-state index < -0.39 is 204 Å². The molecule has 27 atom stereocenters. The Bertz CT molecular complexity index is 2700. The van der Waals surface area contributed by atoms with Crippen molar-refractivity contribution in [2.75, 3.05) is 7.11 Å². The molecule has 0 aromatic carbocycles. The molecule has 6 fully saturated rings. The van der Waals surface area contributed by atoms with E-state index in [4.69, 9.17) is 52.1 Å². The number of aliphatic hydroxyl groups excluding tert-OH is 5. The predicted molar refractivity (Wildman–Crippen MR) is 298 cm³/mol. The van der Waals surface area contributed by atoms with Gasteiger partial charge in [0.2, 0.25) is 5.78 Å². The van der Waals surface area contributed by atoms with E-state index >= 15 is 4.79 Å². The number of Topliss-reactive ketones (excluding diaryl/α,β-unsaturated/α-hetero) is 1. The van der Waals surface area contributed by atoms with Crippen molar-refractivity contribution in [1.82, 2.24) is 10.5 Å². The van der Waals surface area contributed by atoms with Gasteiger partial charge >= 0.3 is 18.0 Å². The first kappa shape index (κ1) is 65.9. The summed E-state index contributed by atoms with van der Waals surface area (Å²) >= 11 is 0. The van der Waals surface area contributed by atoms with E-state index in [0.29, 0.717) is 30.3 Å². The molecule has 9 rings (SSSR count). The smallest absolute Gasteiger partial charge is 0.407 e. The highest BCUT2D eigenvalue weighted by molar-refractivity contribution is 6.26. The minimum atomic E-state index is -2.24. The monoisotopic (exact) mass is 1220 g/mol. The third kappa shape index (κ3) is 12.3. The Morgan fingerprint density at radius 3 is 2.10 bits per heavy atom. The van der Waals surface area contributed by atoms with Gasteiger partial charge in [-0.25, -0.2) is 9.59 Å². The summed E-state index contributed by atoms with van der Waals surface area (Å²) in [6, 6.07) is -1.08. The zero-order valence-corrected chi connectivity index (χ0v) is 50.8. The molecule has 5 saturated heterocycles. The lowest BCUT2D eigenvalue weighted by Gasteiger charge is -2.58. The topological polar surface area (TPSA) is 347 Å². The number of esters is 2. The quantitative estimate of drug-likeness (QED) is 0.0357. The standard InChI is InChI=1S/C61H87N2O23/c1-26-13-16-41(82-47-24-59(10,63(74)75)54(33(8)80-47)62-58(73)76-12)27(2)19-38-39(66)20-35(25-64)23-61(38)56(71)48(57(72)86-61)55(70)60(11)37(26)15-14-36-49(60)28(3)50(68)29(4)52(36)85-46-22-43(53(32(7)79-46)81-34(9)65)84-44-18-17-42(30(5)77-44)83-45-21-40(67)51(69)31(6)78-45/h13-15,19-20,25,28-33,36-47,49-54,66-70,74H,16-18,21-24H2,1-12H3,(H,62,73)/q-1. The summed E-state index contributed by atoms with van der Waals surface area (Å²) in [6.07, 6.45) is -6.97. The lowest BCUT2D eigenvalue weighted by Crippen LogP contribution is -2.67. The van der Waals surface area contributed by atoms with Crippen LogP contribution < -0.4 is 5.32 Å². The fourth-order valence-electron chi connectivity index (χ4n) is 15.4. The van der Waals surface area contributed by atoms with Crippen LogP contribution in [0.15, 0.2) is 58.4 Å². The lowest BCUT2D eigenvalue weighted by molar-refractivity contribution is -0.325. The van der Waals surface area contributed by atoms with Gasteiger partial charge in [0, 0.05) is 62.2 Å². The minimum Gasteiger partial charge on any atom is -0.762 e. The number of hydrogen-bond donors (Lipinski definition) is 7. The summed E-state index contributed by atoms with van der Waals surface area (Å²) in [7, 11) is 1.15. The molecule has 1 spiro atoms. The van der Waals surface area contributed by atoms with Crippen LogP contribution in [0.1, 0.15) is 121 Å². The van der Waals surface area contributed by atoms with Gasteiger partial charge in [0.15, 0.2) is 36.9 Å². The number of alkyl carbamates (subject to hydrolysis) is 1. The molecule has 480 valence electrons. The number of amides is 1. The van der Waals surface area contributed by atoms with Gasteiger partial charge < -0.3 is 93.4 Å². The summed E-state index contributed by atoms with van der Waals surface area (Å²) in [4.78, 5) is 67.8. The maximum Gasteiger partial charge on any atom is 0.407 e. The summed E-state index contributed by atoms with van der Waals surface area (Å²) in [5.74, 6) is -8.19. The number of aldehydes is 1. The van der Waals surface area contributed by atoms with Gasteiger partial charge in [0.05, 0.1) is 85.6 Å². The fourth-order valence-corrected chi connectivity index (χ4v) is 15.4. The number of allylic oxidation sites excluding steroid dienone is 3. The maximum atomic E-state index is 15.5. The molecule has 4 aliphatic carbocycles. The van der Waals surface area contributed by atoms with Crippen molar-refractivity contribution in [2.24, 2.45) is 40.9 Å². The van der Waals surface area contributed by atoms with Crippen LogP contribution >= 0.6 is 0 Å². The van der Waals surface area contributed by atoms with Crippen molar-refractivity contribution in [3.63, 3.8) is 0 Å². The molecule has 0 aromatic rings. The summed E-state index contributed by atoms with van der Waals surface area (Å²) in [6.45, 7) is 18.4. The Kier molecular flexibility index (Phi) is 19.7. The van der Waals surface area contributed by atoms with Gasteiger partial charge in [-0.3, -0.25) is 19.6 Å². The van der Waals surface area contributed by atoms with E-state index in [1.807, 2.05) is 45.9 Å². The van der Waals surface area contributed by atoms with Gasteiger partial charge in [0.1, 0.15) is 29.8 Å². The number of ether oxygens (including phenoxy) is 11. The normalized spacial score (nSPS) is 46.4. The van der Waals surface area contributed by atoms with E-state index in [2.05, 4.69) is 5.32 Å². The van der Waals surface area contributed by atoms with Crippen LogP contribution in [0.25, 0.3) is 0 Å². The highest BCUT2D eigenvalue weighted by atomic mass is 16.8. The SMILES string of the molecule is COC(=O)NC1C(C)OC(OC2CC=C(C)C3C=CC4C(OC5CC(OC6CCC(OC7CC(O)C(O)C(C)O7)C(C)O6)C(OC(C)=O)C(C)O5)C(C)C(O)C(C)C4C3(C)C(O)=C3C(=O)OC4(CC(C=O)=CC(O)C4C=C2C)C3=O)CC1(C)N([O-])O. The third-order valence-corrected chi connectivity index (χ3v) is 20.1. The molecule has 0 radical (unpaired) electrons. The second kappa shape index (κ2) is 25.7. The molecule has 25 nitrogen and oxygen atoms in total. The van der Waals surface area contributed by atoms with Gasteiger partial charge in [0.25, 0.3) is 0 Å². The molecule has 5 aliphatic heterocycles. The van der Waals surface area contributed by atoms with Gasteiger partial charge in [-0.05, 0) is 90.4 Å². The molecule has 9 aliphatic rings. The van der Waals surface area contributed by atoms with Crippen LogP contribution in [0, 0.1) is 46.1 Å². The predicted octanol–water partition coefficient (Wildman–Crippen LogP) is 4.33. The number of hydroxylamine groups is 2. The van der Waals surface area contributed by atoms with E-state index in [-0.39, 0.29) is 36.5 Å². The Hall–Kier alpha value is -4.55. The van der Waals surface area contributed by atoms with E-state index in [1.165, 1.54) is 26.0 Å². The van der Waals surface area contributed by atoms with Gasteiger partial charge in [-0.1, -0.05) is 50.6 Å². The van der Waals surface area contributed by atoms with Crippen molar-refractivity contribution in [1.29, 1.82) is 0 Å². The van der Waals surface area contributed by atoms with Crippen LogP contribution in [-0.2, 0) is 71.3 Å². The van der Waals surface area contributed by atoms with Crippen molar-refractivity contribution in [2.45, 2.75) is 243 Å². The number of aliphatic hydroxyl groups is 5. The number of ketones is 1. The maximum absolute atomic E-state index is 15.5. The van der Waals surface area contributed by atoms with Gasteiger partial charge in [-0.2, -0.15) is 0 Å². The summed E-state index contributed by atoms with van der Waals surface area (Å²) in [5, 5.41) is 84.0. The number of fused-ring (bicyclic) bond motifs is 4. The van der Waals surface area contributed by atoms with Crippen molar-refractivity contribution in [3.05, 3.63) is 63.6 Å². The average Bonchev–Trinajstić information content (AvgIpc) is 1.28. The minimum absolute atomic E-state index is 0.0282. The first-order valence-electron chi connectivity index (χ1n) is 30.0. The van der Waals surface area contributed by atoms with E-state index in [0.717, 1.165) is 7.11 Å². The largest absolute Gasteiger partial charge is 0.762 e. The number of nitrogens with zero attached hydrogens (tertiary/aromatic N) is 1. The van der Waals surface area contributed by atoms with Crippen LogP contribution in [-0.4, -0.2) is 195 Å². The Morgan fingerprint density at radius 2 is 1.45 bits per heavy atom. The van der Waals surface area contributed by atoms with Gasteiger partial charge in [-0.15, -0.1) is 0 Å². The van der Waals surface area contributed by atoms with Crippen molar-refractivity contribution >= 4 is 30.1 Å². The average molecular weight is 1220 g/mol. The number of carbonyl (C=O) groups excluding carboxylic acids is 5. The van der Waals surface area contributed by atoms with Crippen LogP contribution in [0.5, 0.6) is 0 Å². The zero-order valence-electron chi connectivity index (χ0n) is 50.8. The molecule has 7 N–H and O–H groups in total. The number of nitrogens with one attached hydrogen (secondary N) is 1. The zero-order chi connectivity index (χ0) is 62.8. The molecule has 86 heavy (non-hydrogen) atoms. The third-order valence-electron chi connectivity index (χ3n) is 20.1. The Labute approximate surface area is 500 Å². The molecule has 0 aromatic heterocycles. The van der Waals surface area contributed by atoms with Crippen molar-refractivity contribution < 1.29 is 107 Å². The molecular weight excluding hydrogens is 1130 g/mol. The molecule has 27 unspecified atom stereocenters. The molecule has 5 heterocycles. The van der Waals surface area contributed by atoms with E-state index in [1.54, 1.807) is 34.6 Å². The highest BCUT2D eigenvalue weighted by Gasteiger charge is 2.65. The molecule has 2 bridgehead atoms. The Balaban J connectivity index is 1.05. The van der Waals surface area contributed by atoms with E-state index in [9.17, 15) is 55.1 Å². The Morgan fingerprint density at radius 1 is 0.791 bits per heavy atom. The first-order valence-corrected chi connectivity index (χ1v) is 30.0. The van der Waals surface area contributed by atoms with Crippen LogP contribution in [0.3, 0.4) is 0 Å². The molecule has 25 heteroatoms. The lowest BCUT2D eigenvalue weighted by atomic mass is 9.48. The second-order valence-electron chi connectivity index (χ2n) is 25.7. The number of methoxy groups -OCH3 is 1. The molecule has 1 saturated carbocycles. The van der Waals surface area contributed by atoms with Crippen molar-refractivity contribution in [3.8, 4) is 0 Å². The fraction of sp³-hybridized carbons (Fsp3) is 0.754. The van der Waals surface area contributed by atoms with Crippen LogP contribution in [0.4, 0.5) is 4.79 Å².